The van der Waals surface area contributed by atoms with Crippen molar-refractivity contribution in [1.82, 2.24) is 25.0 Å². The molecule has 1 aliphatic rings. The highest BCUT2D eigenvalue weighted by Gasteiger charge is 2.27. The Kier molecular flexibility index (Phi) is 7.64. The van der Waals surface area contributed by atoms with E-state index in [2.05, 4.69) is 38.8 Å². The van der Waals surface area contributed by atoms with Crippen LogP contribution in [0.3, 0.4) is 0 Å². The van der Waals surface area contributed by atoms with Crippen molar-refractivity contribution in [2.24, 2.45) is 5.92 Å². The van der Waals surface area contributed by atoms with Gasteiger partial charge in [0.05, 0.1) is 6.04 Å². The number of nitrogens with one attached hydrogen (secondary N) is 1. The average Bonchev–Trinajstić information content (AvgIpc) is 3.39. The van der Waals surface area contributed by atoms with Crippen LogP contribution in [0.25, 0.3) is 0 Å². The molecule has 34 heavy (non-hydrogen) atoms. The number of aromatic hydroxyl groups is 1. The minimum atomic E-state index is -0.283. The van der Waals surface area contributed by atoms with Crippen molar-refractivity contribution in [1.29, 1.82) is 0 Å². The van der Waals surface area contributed by atoms with E-state index in [0.29, 0.717) is 37.1 Å². The molecule has 1 atom stereocenters. The van der Waals surface area contributed by atoms with Crippen LogP contribution in [0, 0.1) is 5.92 Å². The fraction of sp³-hybridized carbons (Fsp3) is 0.480. The van der Waals surface area contributed by atoms with Crippen LogP contribution in [0.2, 0.25) is 0 Å². The zero-order valence-corrected chi connectivity index (χ0v) is 20.0. The summed E-state index contributed by atoms with van der Waals surface area (Å²) < 4.78 is 12.8. The fourth-order valence-electron chi connectivity index (χ4n) is 4.34. The van der Waals surface area contributed by atoms with Crippen LogP contribution in [-0.2, 0) is 30.9 Å². The van der Waals surface area contributed by atoms with E-state index < -0.39 is 0 Å². The minimum absolute atomic E-state index is 0.255. The predicted octanol–water partition coefficient (Wildman–Crippen LogP) is 3.30. The van der Waals surface area contributed by atoms with Crippen LogP contribution in [0.1, 0.15) is 59.8 Å². The van der Waals surface area contributed by atoms with Gasteiger partial charge in [0, 0.05) is 45.3 Å². The average molecular weight is 468 g/mol. The van der Waals surface area contributed by atoms with Crippen LogP contribution in [-0.4, -0.2) is 50.9 Å². The number of phenolic OH excluding ortho intramolecular Hbond substituents is 1. The summed E-state index contributed by atoms with van der Waals surface area (Å²) in [5.74, 6) is 2.93. The second kappa shape index (κ2) is 10.8. The second-order valence-corrected chi connectivity index (χ2v) is 9.14. The lowest BCUT2D eigenvalue weighted by Gasteiger charge is -2.22. The highest BCUT2D eigenvalue weighted by Crippen LogP contribution is 2.24. The molecule has 4 rings (SSSR count). The topological polar surface area (TPSA) is 106 Å². The van der Waals surface area contributed by atoms with Crippen molar-refractivity contribution >= 4 is 5.91 Å². The van der Waals surface area contributed by atoms with Gasteiger partial charge >= 0.3 is 0 Å². The van der Waals surface area contributed by atoms with Crippen LogP contribution < -0.4 is 5.32 Å². The number of aromatic nitrogens is 3. The molecule has 182 valence electrons. The Balaban J connectivity index is 1.48. The number of para-hydroxylation sites is 1. The SMILES string of the molecule is COCc1ccc(C(=O)NC(CC(C)C)c2nnc3n2CCN(Cc2ccccc2O)CC3)o1. The molecular weight excluding hydrogens is 434 g/mol. The first-order valence-corrected chi connectivity index (χ1v) is 11.7. The van der Waals surface area contributed by atoms with Crippen molar-refractivity contribution in [2.75, 3.05) is 20.2 Å². The van der Waals surface area contributed by atoms with Gasteiger partial charge < -0.3 is 24.1 Å². The summed E-state index contributed by atoms with van der Waals surface area (Å²) in [6.45, 7) is 7.57. The first-order chi connectivity index (χ1) is 16.4. The van der Waals surface area contributed by atoms with E-state index in [-0.39, 0.29) is 17.7 Å². The largest absolute Gasteiger partial charge is 0.508 e. The van der Waals surface area contributed by atoms with Crippen molar-refractivity contribution < 1.29 is 19.1 Å². The van der Waals surface area contributed by atoms with Crippen LogP contribution in [0.5, 0.6) is 5.75 Å². The van der Waals surface area contributed by atoms with Crippen LogP contribution in [0.15, 0.2) is 40.8 Å². The molecule has 0 spiro atoms. The van der Waals surface area contributed by atoms with Crippen molar-refractivity contribution in [3.05, 3.63) is 65.1 Å². The summed E-state index contributed by atoms with van der Waals surface area (Å²) in [5, 5.41) is 22.2. The Hall–Kier alpha value is -3.17. The molecule has 1 aromatic carbocycles. The summed E-state index contributed by atoms with van der Waals surface area (Å²) in [4.78, 5) is 15.2. The van der Waals surface area contributed by atoms with Gasteiger partial charge in [0.2, 0.25) is 0 Å². The molecule has 0 saturated carbocycles. The Bertz CT molecular complexity index is 1110. The lowest BCUT2D eigenvalue weighted by Crippen LogP contribution is -2.32. The first-order valence-electron chi connectivity index (χ1n) is 11.7. The van der Waals surface area contributed by atoms with E-state index in [1.807, 2.05) is 18.2 Å². The number of furan rings is 1. The van der Waals surface area contributed by atoms with Gasteiger partial charge in [-0.2, -0.15) is 0 Å². The molecule has 9 heteroatoms. The molecule has 3 heterocycles. The number of nitrogens with zero attached hydrogens (tertiary/aromatic N) is 4. The molecular formula is C25H33N5O4. The number of benzene rings is 1. The Labute approximate surface area is 199 Å². The lowest BCUT2D eigenvalue weighted by molar-refractivity contribution is 0.0892. The molecule has 1 amide bonds. The molecule has 0 fully saturated rings. The molecule has 2 N–H and O–H groups in total. The summed E-state index contributed by atoms with van der Waals surface area (Å²) in [7, 11) is 1.58. The summed E-state index contributed by atoms with van der Waals surface area (Å²) in [6, 6.07) is 10.6. The zero-order valence-electron chi connectivity index (χ0n) is 20.0. The Morgan fingerprint density at radius 3 is 2.76 bits per heavy atom. The Morgan fingerprint density at radius 1 is 1.18 bits per heavy atom. The van der Waals surface area contributed by atoms with Crippen molar-refractivity contribution in [3.63, 3.8) is 0 Å². The molecule has 0 saturated heterocycles. The van der Waals surface area contributed by atoms with E-state index in [0.717, 1.165) is 43.1 Å². The molecule has 0 aliphatic carbocycles. The molecule has 2 aromatic heterocycles. The standard InChI is InChI=1S/C25H33N5O4/c1-17(2)14-20(26-25(32)22-9-8-19(34-22)16-33-3)24-28-27-23-10-11-29(12-13-30(23)24)15-18-6-4-5-7-21(18)31/h4-9,17,20,31H,10-16H2,1-3H3,(H,26,32). The van der Waals surface area contributed by atoms with Gasteiger partial charge in [0.1, 0.15) is 23.9 Å². The molecule has 0 radical (unpaired) electrons. The van der Waals surface area contributed by atoms with E-state index in [9.17, 15) is 9.90 Å². The third-order valence-electron chi connectivity index (χ3n) is 6.03. The second-order valence-electron chi connectivity index (χ2n) is 9.14. The maximum Gasteiger partial charge on any atom is 0.287 e. The molecule has 9 nitrogen and oxygen atoms in total. The summed E-state index contributed by atoms with van der Waals surface area (Å²) >= 11 is 0. The maximum absolute atomic E-state index is 12.9. The van der Waals surface area contributed by atoms with Gasteiger partial charge in [-0.05, 0) is 30.5 Å². The number of hydrogen-bond acceptors (Lipinski definition) is 7. The maximum atomic E-state index is 12.9. The summed E-state index contributed by atoms with van der Waals surface area (Å²) in [5.41, 5.74) is 0.914. The highest BCUT2D eigenvalue weighted by molar-refractivity contribution is 5.91. The van der Waals surface area contributed by atoms with Gasteiger partial charge in [-0.15, -0.1) is 10.2 Å². The third-order valence-corrected chi connectivity index (χ3v) is 6.03. The Morgan fingerprint density at radius 2 is 2.00 bits per heavy atom. The van der Waals surface area contributed by atoms with Crippen LogP contribution >= 0.6 is 0 Å². The first kappa shape index (κ1) is 24.0. The van der Waals surface area contributed by atoms with Gasteiger partial charge in [0.25, 0.3) is 5.91 Å². The van der Waals surface area contributed by atoms with Crippen molar-refractivity contribution in [2.45, 2.75) is 52.4 Å². The fourth-order valence-corrected chi connectivity index (χ4v) is 4.34. The van der Waals surface area contributed by atoms with E-state index in [1.54, 1.807) is 25.3 Å². The lowest BCUT2D eigenvalue weighted by atomic mass is 10.0. The van der Waals surface area contributed by atoms with Gasteiger partial charge in [-0.3, -0.25) is 9.69 Å². The number of methoxy groups -OCH3 is 1. The number of fused-ring (bicyclic) bond motifs is 1. The van der Waals surface area contributed by atoms with Gasteiger partial charge in [-0.25, -0.2) is 0 Å². The monoisotopic (exact) mass is 467 g/mol. The molecule has 0 bridgehead atoms. The van der Waals surface area contributed by atoms with E-state index in [1.165, 1.54) is 0 Å². The zero-order chi connectivity index (χ0) is 24.1. The molecule has 3 aromatic rings. The number of amides is 1. The number of carbonyl (C=O) groups excluding carboxylic acids is 1. The molecule has 1 aliphatic heterocycles. The van der Waals surface area contributed by atoms with E-state index >= 15 is 0 Å². The number of hydrogen-bond donors (Lipinski definition) is 2. The van der Waals surface area contributed by atoms with E-state index in [4.69, 9.17) is 9.15 Å². The van der Waals surface area contributed by atoms with Gasteiger partial charge in [0.15, 0.2) is 11.6 Å². The number of carbonyl (C=O) groups is 1. The van der Waals surface area contributed by atoms with Gasteiger partial charge in [-0.1, -0.05) is 32.0 Å². The smallest absolute Gasteiger partial charge is 0.287 e. The normalized spacial score (nSPS) is 15.2. The number of ether oxygens (including phenoxy) is 1. The number of phenols is 1. The molecule has 1 unspecified atom stereocenters. The highest BCUT2D eigenvalue weighted by atomic mass is 16.5. The quantitative estimate of drug-likeness (QED) is 0.497. The minimum Gasteiger partial charge on any atom is -0.508 e. The summed E-state index contributed by atoms with van der Waals surface area (Å²) in [6.07, 6.45) is 1.48. The van der Waals surface area contributed by atoms with Crippen molar-refractivity contribution in [3.8, 4) is 5.75 Å². The number of rotatable bonds is 9. The predicted molar refractivity (Wildman–Crippen MR) is 126 cm³/mol. The van der Waals surface area contributed by atoms with Crippen LogP contribution in [0.4, 0.5) is 0 Å². The third kappa shape index (κ3) is 5.66.